The number of hydrogen-bond acceptors (Lipinski definition) is 2. The first-order valence-electron chi connectivity index (χ1n) is 3.22. The number of rotatable bonds is 0. The van der Waals surface area contributed by atoms with Gasteiger partial charge in [-0.25, -0.2) is 0 Å². The quantitative estimate of drug-likeness (QED) is 0.564. The van der Waals surface area contributed by atoms with E-state index in [-0.39, 0.29) is 6.15 Å². The molecule has 3 heteroatoms. The molecule has 1 saturated heterocycles. The van der Waals surface area contributed by atoms with Crippen molar-refractivity contribution in [3.63, 3.8) is 0 Å². The van der Waals surface area contributed by atoms with Gasteiger partial charge in [-0.3, -0.25) is 0 Å². The van der Waals surface area contributed by atoms with Crippen LogP contribution in [0.4, 0.5) is 0 Å². The van der Waals surface area contributed by atoms with Crippen LogP contribution in [0.2, 0.25) is 0 Å². The van der Waals surface area contributed by atoms with Crippen LogP contribution in [0.15, 0.2) is 23.3 Å². The van der Waals surface area contributed by atoms with Crippen molar-refractivity contribution >= 4 is 11.8 Å². The maximum atomic E-state index is 3.31. The second-order valence-corrected chi connectivity index (χ2v) is 3.45. The molecule has 0 aromatic carbocycles. The Hall–Kier alpha value is -0.410. The first-order valence-corrected chi connectivity index (χ1v) is 4.21. The summed E-state index contributed by atoms with van der Waals surface area (Å²) in [6, 6.07) is 0.653. The van der Waals surface area contributed by atoms with E-state index < -0.39 is 0 Å². The van der Waals surface area contributed by atoms with Crippen molar-refractivity contribution in [2.45, 2.75) is 12.5 Å². The number of thioether (sulfide) groups is 1. The van der Waals surface area contributed by atoms with Crippen molar-refractivity contribution in [1.29, 1.82) is 0 Å². The number of fused-ring (bicyclic) bond motifs is 1. The van der Waals surface area contributed by atoms with Gasteiger partial charge in [0.05, 0.1) is 6.04 Å². The van der Waals surface area contributed by atoms with Crippen LogP contribution in [-0.2, 0) is 0 Å². The molecule has 2 aliphatic rings. The molecule has 2 heterocycles. The summed E-state index contributed by atoms with van der Waals surface area (Å²) in [5, 5.41) is 3.31. The Kier molecular flexibility index (Phi) is 2.40. The van der Waals surface area contributed by atoms with Crippen molar-refractivity contribution < 1.29 is 0 Å². The van der Waals surface area contributed by atoms with E-state index >= 15 is 0 Å². The average molecular weight is 153 g/mol. The fourth-order valence-electron chi connectivity index (χ4n) is 1.18. The maximum Gasteiger partial charge on any atom is 0.0575 e. The van der Waals surface area contributed by atoms with E-state index in [1.807, 2.05) is 18.0 Å². The number of dihydropyridines is 1. The maximum absolute atomic E-state index is 3.31. The SMILES string of the molecule is C1=CNC2CCSC2=C1.[N]. The molecule has 2 aliphatic heterocycles. The van der Waals surface area contributed by atoms with Crippen molar-refractivity contribution in [2.24, 2.45) is 0 Å². The van der Waals surface area contributed by atoms with Gasteiger partial charge in [-0.15, -0.1) is 11.8 Å². The lowest BCUT2D eigenvalue weighted by Gasteiger charge is -2.13. The smallest absolute Gasteiger partial charge is 0.0575 e. The predicted molar refractivity (Wildman–Crippen MR) is 43.4 cm³/mol. The number of nitrogens with one attached hydrogen (secondary N) is 1. The first kappa shape index (κ1) is 7.69. The topological polar surface area (TPSA) is 42.5 Å². The summed E-state index contributed by atoms with van der Waals surface area (Å²) in [5.41, 5.74) is 0. The highest BCUT2D eigenvalue weighted by Crippen LogP contribution is 2.31. The van der Waals surface area contributed by atoms with Crippen LogP contribution < -0.4 is 11.5 Å². The third-order valence-electron chi connectivity index (χ3n) is 1.67. The number of allylic oxidation sites excluding steroid dienone is 2. The molecule has 0 aromatic heterocycles. The van der Waals surface area contributed by atoms with Crippen LogP contribution in [0.25, 0.3) is 0 Å². The second-order valence-electron chi connectivity index (χ2n) is 2.28. The second kappa shape index (κ2) is 3.12. The average Bonchev–Trinajstić information content (AvgIpc) is 2.33. The molecule has 2 rings (SSSR count). The standard InChI is InChI=1S/C7H9NS.N/c1-2-7-6(8-4-1)3-5-9-7;/h1-2,4,6,8H,3,5H2;. The van der Waals surface area contributed by atoms with Gasteiger partial charge in [0.1, 0.15) is 0 Å². The molecule has 0 aliphatic carbocycles. The van der Waals surface area contributed by atoms with Crippen LogP contribution in [0.1, 0.15) is 6.42 Å². The Bertz CT molecular complexity index is 174. The highest BCUT2D eigenvalue weighted by Gasteiger charge is 2.20. The summed E-state index contributed by atoms with van der Waals surface area (Å²) in [4.78, 5) is 1.51. The molecule has 3 radical (unpaired) electrons. The molecule has 0 bridgehead atoms. The molecule has 0 saturated carbocycles. The molecule has 2 nitrogen and oxygen atoms in total. The van der Waals surface area contributed by atoms with Gasteiger partial charge in [-0.1, -0.05) is 0 Å². The highest BCUT2D eigenvalue weighted by molar-refractivity contribution is 8.03. The van der Waals surface area contributed by atoms with E-state index in [4.69, 9.17) is 0 Å². The zero-order valence-electron chi connectivity index (χ0n) is 5.58. The lowest BCUT2D eigenvalue weighted by molar-refractivity contribution is 0.684. The normalized spacial score (nSPS) is 28.0. The lowest BCUT2D eigenvalue weighted by atomic mass is 10.2. The minimum Gasteiger partial charge on any atom is -0.384 e. The van der Waals surface area contributed by atoms with E-state index in [0.717, 1.165) is 0 Å². The molecular formula is C7H9N2S. The molecule has 10 heavy (non-hydrogen) atoms. The summed E-state index contributed by atoms with van der Waals surface area (Å²) in [5.74, 6) is 1.28. The zero-order valence-corrected chi connectivity index (χ0v) is 6.40. The number of hydrogen-bond donors (Lipinski definition) is 1. The van der Waals surface area contributed by atoms with Gasteiger partial charge in [0, 0.05) is 16.8 Å². The van der Waals surface area contributed by atoms with E-state index in [2.05, 4.69) is 17.5 Å². The minimum absolute atomic E-state index is 0. The molecule has 1 fully saturated rings. The Labute approximate surface area is 65.3 Å². The summed E-state index contributed by atoms with van der Waals surface area (Å²) in [6.07, 6.45) is 7.60. The fourth-order valence-corrected chi connectivity index (χ4v) is 2.33. The van der Waals surface area contributed by atoms with Gasteiger partial charge in [-0.05, 0) is 24.8 Å². The summed E-state index contributed by atoms with van der Waals surface area (Å²) in [7, 11) is 0. The number of nitrogens with zero attached hydrogens (tertiary/aromatic N) is 1. The predicted octanol–water partition coefficient (Wildman–Crippen LogP) is 1.01. The van der Waals surface area contributed by atoms with Crippen LogP contribution in [0.5, 0.6) is 0 Å². The van der Waals surface area contributed by atoms with E-state index in [9.17, 15) is 0 Å². The molecule has 1 unspecified atom stereocenters. The van der Waals surface area contributed by atoms with E-state index in [1.165, 1.54) is 17.1 Å². The molecule has 0 amide bonds. The molecule has 1 N–H and O–H groups in total. The summed E-state index contributed by atoms with van der Waals surface area (Å²) >= 11 is 1.97. The highest BCUT2D eigenvalue weighted by atomic mass is 32.2. The minimum atomic E-state index is 0. The lowest BCUT2D eigenvalue weighted by Crippen LogP contribution is -2.23. The van der Waals surface area contributed by atoms with Gasteiger partial charge in [0.2, 0.25) is 0 Å². The largest absolute Gasteiger partial charge is 0.384 e. The van der Waals surface area contributed by atoms with E-state index in [1.54, 1.807) is 0 Å². The third kappa shape index (κ3) is 1.20. The van der Waals surface area contributed by atoms with Crippen LogP contribution in [0.3, 0.4) is 0 Å². The monoisotopic (exact) mass is 153 g/mol. The summed E-state index contributed by atoms with van der Waals surface area (Å²) in [6.45, 7) is 0. The Morgan fingerprint density at radius 2 is 2.50 bits per heavy atom. The van der Waals surface area contributed by atoms with Gasteiger partial charge >= 0.3 is 0 Å². The Morgan fingerprint density at radius 1 is 1.60 bits per heavy atom. The molecular weight excluding hydrogens is 144 g/mol. The van der Waals surface area contributed by atoms with Crippen molar-refractivity contribution in [3.05, 3.63) is 23.3 Å². The van der Waals surface area contributed by atoms with Crippen LogP contribution in [0, 0.1) is 0 Å². The molecule has 53 valence electrons. The molecule has 0 aromatic rings. The van der Waals surface area contributed by atoms with Gasteiger partial charge in [0.15, 0.2) is 0 Å². The summed E-state index contributed by atoms with van der Waals surface area (Å²) < 4.78 is 0. The zero-order chi connectivity index (χ0) is 6.10. The van der Waals surface area contributed by atoms with Gasteiger partial charge < -0.3 is 5.32 Å². The van der Waals surface area contributed by atoms with Crippen molar-refractivity contribution in [2.75, 3.05) is 5.75 Å². The van der Waals surface area contributed by atoms with Crippen molar-refractivity contribution in [3.8, 4) is 0 Å². The van der Waals surface area contributed by atoms with Crippen LogP contribution >= 0.6 is 11.8 Å². The third-order valence-corrected chi connectivity index (χ3v) is 2.87. The fraction of sp³-hybridized carbons (Fsp3) is 0.429. The van der Waals surface area contributed by atoms with Gasteiger partial charge in [-0.2, -0.15) is 0 Å². The molecule has 0 spiro atoms. The molecule has 1 atom stereocenters. The van der Waals surface area contributed by atoms with Gasteiger partial charge in [0.25, 0.3) is 0 Å². The Morgan fingerprint density at radius 3 is 3.30 bits per heavy atom. The van der Waals surface area contributed by atoms with E-state index in [0.29, 0.717) is 6.04 Å². The van der Waals surface area contributed by atoms with Crippen molar-refractivity contribution in [1.82, 2.24) is 11.5 Å². The first-order chi connectivity index (χ1) is 4.47. The Balaban J connectivity index is 0.000000500. The van der Waals surface area contributed by atoms with Crippen LogP contribution in [-0.4, -0.2) is 11.8 Å².